The molecule has 2 rings (SSSR count). The highest BCUT2D eigenvalue weighted by atomic mass is 15.0. The number of hydrogen-bond acceptors (Lipinski definition) is 0. The highest BCUT2D eigenvalue weighted by Crippen LogP contribution is 2.02. The first kappa shape index (κ1) is 10.7. The SMILES string of the molecule is C=Cc1c[n+](CCCc2ccccc2)c[nH]1. The highest BCUT2D eigenvalue weighted by Gasteiger charge is 2.01. The van der Waals surface area contributed by atoms with E-state index in [2.05, 4.69) is 52.7 Å². The molecule has 0 fully saturated rings. The van der Waals surface area contributed by atoms with Gasteiger partial charge < -0.3 is 0 Å². The van der Waals surface area contributed by atoms with Crippen LogP contribution < -0.4 is 4.57 Å². The molecule has 0 spiro atoms. The molecule has 16 heavy (non-hydrogen) atoms. The van der Waals surface area contributed by atoms with Crippen molar-refractivity contribution in [2.75, 3.05) is 0 Å². The number of aromatic nitrogens is 2. The Morgan fingerprint density at radius 1 is 1.25 bits per heavy atom. The Morgan fingerprint density at radius 3 is 2.75 bits per heavy atom. The fourth-order valence-electron chi connectivity index (χ4n) is 1.76. The summed E-state index contributed by atoms with van der Waals surface area (Å²) >= 11 is 0. The first-order chi connectivity index (χ1) is 7.88. The average molecular weight is 213 g/mol. The van der Waals surface area contributed by atoms with Gasteiger partial charge in [0.25, 0.3) is 0 Å². The van der Waals surface area contributed by atoms with Gasteiger partial charge in [-0.3, -0.25) is 0 Å². The monoisotopic (exact) mass is 213 g/mol. The molecule has 1 aromatic carbocycles. The van der Waals surface area contributed by atoms with Gasteiger partial charge in [0.15, 0.2) is 5.69 Å². The second-order valence-electron chi connectivity index (χ2n) is 3.89. The molecule has 0 radical (unpaired) electrons. The van der Waals surface area contributed by atoms with Crippen molar-refractivity contribution in [2.45, 2.75) is 19.4 Å². The fraction of sp³-hybridized carbons (Fsp3) is 0.214. The highest BCUT2D eigenvalue weighted by molar-refractivity contribution is 5.37. The molecule has 0 saturated heterocycles. The Labute approximate surface area is 96.3 Å². The minimum Gasteiger partial charge on any atom is -0.244 e. The number of imidazole rings is 1. The summed E-state index contributed by atoms with van der Waals surface area (Å²) in [6.07, 6.45) is 8.18. The second-order valence-corrected chi connectivity index (χ2v) is 3.89. The molecule has 2 aromatic rings. The van der Waals surface area contributed by atoms with Crippen molar-refractivity contribution in [1.29, 1.82) is 0 Å². The molecular weight excluding hydrogens is 196 g/mol. The second kappa shape index (κ2) is 5.31. The van der Waals surface area contributed by atoms with Gasteiger partial charge in [-0.05, 0) is 24.5 Å². The number of nitrogens with zero attached hydrogens (tertiary/aromatic N) is 1. The van der Waals surface area contributed by atoms with Gasteiger partial charge in [-0.1, -0.05) is 36.9 Å². The van der Waals surface area contributed by atoms with E-state index >= 15 is 0 Å². The average Bonchev–Trinajstić information content (AvgIpc) is 2.78. The largest absolute Gasteiger partial charge is 0.244 e. The number of aromatic amines is 1. The molecule has 0 aliphatic heterocycles. The van der Waals surface area contributed by atoms with Crippen LogP contribution in [0.2, 0.25) is 0 Å². The van der Waals surface area contributed by atoms with Crippen LogP contribution in [0.5, 0.6) is 0 Å². The van der Waals surface area contributed by atoms with Crippen molar-refractivity contribution < 1.29 is 4.57 Å². The third kappa shape index (κ3) is 2.83. The van der Waals surface area contributed by atoms with Gasteiger partial charge >= 0.3 is 0 Å². The van der Waals surface area contributed by atoms with Gasteiger partial charge in [0.2, 0.25) is 6.33 Å². The number of H-pyrrole nitrogens is 1. The molecule has 0 aliphatic carbocycles. The van der Waals surface area contributed by atoms with Crippen molar-refractivity contribution in [1.82, 2.24) is 4.98 Å². The van der Waals surface area contributed by atoms with Crippen LogP contribution in [0.25, 0.3) is 6.08 Å². The molecule has 1 N–H and O–H groups in total. The Kier molecular flexibility index (Phi) is 3.54. The lowest BCUT2D eigenvalue weighted by Crippen LogP contribution is -2.30. The van der Waals surface area contributed by atoms with E-state index in [1.165, 1.54) is 5.56 Å². The molecule has 0 amide bonds. The van der Waals surface area contributed by atoms with E-state index in [1.807, 2.05) is 12.4 Å². The molecule has 0 unspecified atom stereocenters. The summed E-state index contributed by atoms with van der Waals surface area (Å²) in [7, 11) is 0. The first-order valence-electron chi connectivity index (χ1n) is 5.62. The quantitative estimate of drug-likeness (QED) is 0.737. The van der Waals surface area contributed by atoms with Crippen LogP contribution in [-0.4, -0.2) is 4.98 Å². The molecule has 2 heteroatoms. The van der Waals surface area contributed by atoms with Crippen LogP contribution in [0.3, 0.4) is 0 Å². The van der Waals surface area contributed by atoms with Gasteiger partial charge in [-0.25, -0.2) is 9.55 Å². The summed E-state index contributed by atoms with van der Waals surface area (Å²) in [6, 6.07) is 10.6. The number of benzene rings is 1. The summed E-state index contributed by atoms with van der Waals surface area (Å²) in [4.78, 5) is 3.15. The van der Waals surface area contributed by atoms with Crippen molar-refractivity contribution in [3.63, 3.8) is 0 Å². The number of aryl methyl sites for hydroxylation is 2. The topological polar surface area (TPSA) is 19.7 Å². The third-order valence-corrected chi connectivity index (χ3v) is 2.65. The van der Waals surface area contributed by atoms with Crippen LogP contribution in [0.4, 0.5) is 0 Å². The van der Waals surface area contributed by atoms with Crippen molar-refractivity contribution in [3.8, 4) is 0 Å². The number of hydrogen-bond donors (Lipinski definition) is 1. The predicted octanol–water partition coefficient (Wildman–Crippen LogP) is 2.58. The van der Waals surface area contributed by atoms with Gasteiger partial charge in [0, 0.05) is 0 Å². The lowest BCUT2D eigenvalue weighted by atomic mass is 10.1. The van der Waals surface area contributed by atoms with Gasteiger partial charge in [0.05, 0.1) is 6.54 Å². The normalized spacial score (nSPS) is 10.2. The number of rotatable bonds is 5. The summed E-state index contributed by atoms with van der Waals surface area (Å²) in [5.41, 5.74) is 2.47. The van der Waals surface area contributed by atoms with E-state index in [-0.39, 0.29) is 0 Å². The zero-order chi connectivity index (χ0) is 11.2. The minimum atomic E-state index is 1.04. The van der Waals surface area contributed by atoms with Crippen LogP contribution >= 0.6 is 0 Å². The Bertz CT molecular complexity index is 443. The zero-order valence-electron chi connectivity index (χ0n) is 9.39. The predicted molar refractivity (Wildman–Crippen MR) is 65.8 cm³/mol. The smallest absolute Gasteiger partial charge is 0.242 e. The molecule has 1 aromatic heterocycles. The van der Waals surface area contributed by atoms with E-state index in [1.54, 1.807) is 0 Å². The van der Waals surface area contributed by atoms with E-state index in [0.29, 0.717) is 0 Å². The Morgan fingerprint density at radius 2 is 2.06 bits per heavy atom. The van der Waals surface area contributed by atoms with E-state index in [0.717, 1.165) is 25.1 Å². The first-order valence-corrected chi connectivity index (χ1v) is 5.62. The molecule has 1 heterocycles. The van der Waals surface area contributed by atoms with Crippen LogP contribution in [-0.2, 0) is 13.0 Å². The fourth-order valence-corrected chi connectivity index (χ4v) is 1.76. The molecule has 0 saturated carbocycles. The van der Waals surface area contributed by atoms with Gasteiger partial charge in [0.1, 0.15) is 6.20 Å². The molecule has 0 aliphatic rings. The lowest BCUT2D eigenvalue weighted by Gasteiger charge is -1.98. The summed E-state index contributed by atoms with van der Waals surface area (Å²) in [5.74, 6) is 0. The molecule has 82 valence electrons. The van der Waals surface area contributed by atoms with E-state index < -0.39 is 0 Å². The van der Waals surface area contributed by atoms with Gasteiger partial charge in [-0.15, -0.1) is 0 Å². The van der Waals surface area contributed by atoms with Crippen LogP contribution in [0.1, 0.15) is 17.7 Å². The molecular formula is C14H17N2+. The third-order valence-electron chi connectivity index (χ3n) is 2.65. The van der Waals surface area contributed by atoms with Crippen molar-refractivity contribution >= 4 is 6.08 Å². The Balaban J connectivity index is 1.82. The minimum absolute atomic E-state index is 1.04. The summed E-state index contributed by atoms with van der Waals surface area (Å²) in [5, 5.41) is 0. The maximum atomic E-state index is 3.73. The maximum Gasteiger partial charge on any atom is 0.242 e. The summed E-state index contributed by atoms with van der Waals surface area (Å²) in [6.45, 7) is 4.77. The van der Waals surface area contributed by atoms with Crippen LogP contribution in [0, 0.1) is 0 Å². The Hall–Kier alpha value is -1.83. The standard InChI is InChI=1S/C14H16N2/c1-2-14-11-16(12-15-14)10-6-9-13-7-4-3-5-8-13/h2-5,7-8,11-12H,1,6,9-10H2/p+1. The summed E-state index contributed by atoms with van der Waals surface area (Å²) < 4.78 is 2.17. The zero-order valence-corrected chi connectivity index (χ0v) is 9.39. The van der Waals surface area contributed by atoms with Gasteiger partial charge in [-0.2, -0.15) is 0 Å². The van der Waals surface area contributed by atoms with E-state index in [4.69, 9.17) is 0 Å². The lowest BCUT2D eigenvalue weighted by molar-refractivity contribution is -0.696. The molecule has 2 nitrogen and oxygen atoms in total. The molecule has 0 atom stereocenters. The van der Waals surface area contributed by atoms with Crippen molar-refractivity contribution in [3.05, 3.63) is 60.7 Å². The molecule has 0 bridgehead atoms. The number of nitrogens with one attached hydrogen (secondary N) is 1. The van der Waals surface area contributed by atoms with E-state index in [9.17, 15) is 0 Å². The van der Waals surface area contributed by atoms with Crippen molar-refractivity contribution in [2.24, 2.45) is 0 Å². The van der Waals surface area contributed by atoms with Crippen LogP contribution in [0.15, 0.2) is 49.4 Å². The maximum absolute atomic E-state index is 3.73.